The first-order chi connectivity index (χ1) is 13.7. The number of halogens is 1. The molecule has 0 saturated carbocycles. The summed E-state index contributed by atoms with van der Waals surface area (Å²) < 4.78 is 3.12. The Balaban J connectivity index is 1.88. The number of para-hydroxylation sites is 2. The van der Waals surface area contributed by atoms with Crippen LogP contribution >= 0.6 is 15.9 Å². The lowest BCUT2D eigenvalue weighted by Gasteiger charge is -2.10. The number of aryl methyl sites for hydroxylation is 1. The van der Waals surface area contributed by atoms with Crippen LogP contribution in [-0.4, -0.2) is 19.5 Å². The van der Waals surface area contributed by atoms with E-state index in [1.807, 2.05) is 36.4 Å². The Morgan fingerprint density at radius 2 is 1.61 bits per heavy atom. The molecule has 5 aromatic rings. The average Bonchev–Trinajstić information content (AvgIpc) is 3.10. The van der Waals surface area contributed by atoms with E-state index in [2.05, 4.69) is 63.8 Å². The Bertz CT molecular complexity index is 1320. The van der Waals surface area contributed by atoms with Crippen molar-refractivity contribution in [3.63, 3.8) is 0 Å². The van der Waals surface area contributed by atoms with Gasteiger partial charge in [-0.05, 0) is 48.4 Å². The van der Waals surface area contributed by atoms with Crippen molar-refractivity contribution in [2.75, 3.05) is 0 Å². The number of benzene rings is 3. The molecule has 2 aromatic heterocycles. The zero-order chi connectivity index (χ0) is 19.1. The minimum atomic E-state index is 0.649. The van der Waals surface area contributed by atoms with Crippen molar-refractivity contribution < 1.29 is 0 Å². The number of nitrogens with zero attached hydrogens (tertiary/aromatic N) is 4. The number of imidazole rings is 1. The highest BCUT2D eigenvalue weighted by molar-refractivity contribution is 9.10. The monoisotopic (exact) mass is 428 g/mol. The summed E-state index contributed by atoms with van der Waals surface area (Å²) in [6, 6.07) is 24.6. The third-order valence-electron chi connectivity index (χ3n) is 4.83. The maximum atomic E-state index is 4.90. The molecule has 0 aliphatic rings. The van der Waals surface area contributed by atoms with Crippen LogP contribution in [-0.2, 0) is 6.42 Å². The zero-order valence-electron chi connectivity index (χ0n) is 15.3. The zero-order valence-corrected chi connectivity index (χ0v) is 16.9. The van der Waals surface area contributed by atoms with Crippen LogP contribution in [0.5, 0.6) is 0 Å². The van der Waals surface area contributed by atoms with E-state index in [4.69, 9.17) is 15.0 Å². The number of hydrogen-bond acceptors (Lipinski definition) is 3. The van der Waals surface area contributed by atoms with E-state index in [-0.39, 0.29) is 0 Å². The lowest BCUT2D eigenvalue weighted by atomic mass is 10.1. The van der Waals surface area contributed by atoms with Gasteiger partial charge in [0.05, 0.1) is 11.0 Å². The lowest BCUT2D eigenvalue weighted by Crippen LogP contribution is -2.00. The molecule has 4 nitrogen and oxygen atoms in total. The van der Waals surface area contributed by atoms with E-state index < -0.39 is 0 Å². The van der Waals surface area contributed by atoms with Gasteiger partial charge in [0.2, 0.25) is 0 Å². The van der Waals surface area contributed by atoms with Crippen LogP contribution in [0.25, 0.3) is 39.4 Å². The normalized spacial score (nSPS) is 11.4. The Kier molecular flexibility index (Phi) is 4.17. The van der Waals surface area contributed by atoms with Crippen LogP contribution in [0.3, 0.4) is 0 Å². The lowest BCUT2D eigenvalue weighted by molar-refractivity contribution is 1.06. The van der Waals surface area contributed by atoms with E-state index in [1.165, 1.54) is 5.56 Å². The summed E-state index contributed by atoms with van der Waals surface area (Å²) >= 11 is 3.57. The molecule has 5 rings (SSSR count). The Morgan fingerprint density at radius 1 is 0.821 bits per heavy atom. The summed E-state index contributed by atoms with van der Waals surface area (Å²) in [5, 5.41) is 0. The van der Waals surface area contributed by atoms with Crippen LogP contribution in [0.4, 0.5) is 0 Å². The maximum absolute atomic E-state index is 4.90. The highest BCUT2D eigenvalue weighted by atomic mass is 79.9. The molecule has 0 fully saturated rings. The Labute approximate surface area is 171 Å². The first-order valence-electron chi connectivity index (χ1n) is 9.23. The van der Waals surface area contributed by atoms with Crippen LogP contribution in [0.15, 0.2) is 77.3 Å². The largest absolute Gasteiger partial charge is 0.275 e. The summed E-state index contributed by atoms with van der Waals surface area (Å²) in [5.74, 6) is 0.833. The van der Waals surface area contributed by atoms with E-state index in [1.54, 1.807) is 0 Å². The molecule has 0 aliphatic heterocycles. The van der Waals surface area contributed by atoms with Gasteiger partial charge in [-0.2, -0.15) is 0 Å². The van der Waals surface area contributed by atoms with Crippen molar-refractivity contribution in [1.82, 2.24) is 19.5 Å². The van der Waals surface area contributed by atoms with Gasteiger partial charge in [0, 0.05) is 15.7 Å². The quantitative estimate of drug-likeness (QED) is 0.356. The van der Waals surface area contributed by atoms with Gasteiger partial charge in [-0.25, -0.2) is 15.0 Å². The average molecular weight is 429 g/mol. The minimum absolute atomic E-state index is 0.649. The van der Waals surface area contributed by atoms with Crippen molar-refractivity contribution in [1.29, 1.82) is 0 Å². The first-order valence-corrected chi connectivity index (χ1v) is 10.0. The molecule has 0 atom stereocenters. The van der Waals surface area contributed by atoms with E-state index in [0.717, 1.165) is 44.6 Å². The molecule has 0 amide bonds. The van der Waals surface area contributed by atoms with E-state index in [0.29, 0.717) is 5.65 Å². The second-order valence-corrected chi connectivity index (χ2v) is 7.58. The number of hydrogen-bond donors (Lipinski definition) is 0. The Morgan fingerprint density at radius 3 is 2.39 bits per heavy atom. The van der Waals surface area contributed by atoms with Gasteiger partial charge in [-0.15, -0.1) is 0 Å². The predicted octanol–water partition coefficient (Wildman–Crippen LogP) is 5.96. The van der Waals surface area contributed by atoms with Crippen molar-refractivity contribution in [2.45, 2.75) is 13.3 Å². The molecular formula is C23H17BrN4. The molecule has 0 saturated heterocycles. The van der Waals surface area contributed by atoms with Crippen molar-refractivity contribution in [2.24, 2.45) is 0 Å². The molecular weight excluding hydrogens is 412 g/mol. The molecule has 28 heavy (non-hydrogen) atoms. The van der Waals surface area contributed by atoms with E-state index in [9.17, 15) is 0 Å². The summed E-state index contributed by atoms with van der Waals surface area (Å²) in [4.78, 5) is 14.5. The highest BCUT2D eigenvalue weighted by Gasteiger charge is 2.18. The van der Waals surface area contributed by atoms with Gasteiger partial charge >= 0.3 is 0 Å². The molecule has 136 valence electrons. The topological polar surface area (TPSA) is 43.6 Å². The second-order valence-electron chi connectivity index (χ2n) is 6.66. The number of aromatic nitrogens is 4. The third-order valence-corrected chi connectivity index (χ3v) is 5.32. The van der Waals surface area contributed by atoms with E-state index >= 15 is 0 Å². The molecule has 0 unspecified atom stereocenters. The summed E-state index contributed by atoms with van der Waals surface area (Å²) in [7, 11) is 0. The van der Waals surface area contributed by atoms with Gasteiger partial charge < -0.3 is 0 Å². The third kappa shape index (κ3) is 2.88. The van der Waals surface area contributed by atoms with Crippen LogP contribution in [0.1, 0.15) is 12.5 Å². The number of fused-ring (bicyclic) bond motifs is 2. The van der Waals surface area contributed by atoms with Gasteiger partial charge in [0.1, 0.15) is 5.82 Å². The molecule has 0 N–H and O–H groups in total. The van der Waals surface area contributed by atoms with Gasteiger partial charge in [0.15, 0.2) is 11.3 Å². The highest BCUT2D eigenvalue weighted by Crippen LogP contribution is 2.30. The molecule has 0 spiro atoms. The van der Waals surface area contributed by atoms with Crippen LogP contribution < -0.4 is 0 Å². The molecule has 3 aromatic carbocycles. The maximum Gasteiger partial charge on any atom is 0.199 e. The molecule has 5 heteroatoms. The van der Waals surface area contributed by atoms with Gasteiger partial charge in [-0.1, -0.05) is 59.3 Å². The van der Waals surface area contributed by atoms with Crippen LogP contribution in [0.2, 0.25) is 0 Å². The SMILES string of the molecule is CCc1cccc(-n2c(-c3cccc(Br)c3)nc3nc4ccccc4nc32)c1. The summed E-state index contributed by atoms with van der Waals surface area (Å²) in [6.45, 7) is 2.16. The molecule has 0 radical (unpaired) electrons. The fourth-order valence-corrected chi connectivity index (χ4v) is 3.84. The Hall–Kier alpha value is -3.05. The van der Waals surface area contributed by atoms with Crippen molar-refractivity contribution >= 4 is 38.3 Å². The van der Waals surface area contributed by atoms with Gasteiger partial charge in [-0.3, -0.25) is 4.57 Å². The fraction of sp³-hybridized carbons (Fsp3) is 0.0870. The molecule has 2 heterocycles. The number of rotatable bonds is 3. The standard InChI is InChI=1S/C23H17BrN4/c1-2-15-7-5-10-18(13-15)28-22(16-8-6-9-17(24)14-16)27-21-23(28)26-20-12-4-3-11-19(20)25-21/h3-14H,2H2,1H3. The van der Waals surface area contributed by atoms with Crippen molar-refractivity contribution in [3.05, 3.63) is 82.8 Å². The smallest absolute Gasteiger partial charge is 0.199 e. The minimum Gasteiger partial charge on any atom is -0.275 e. The fourth-order valence-electron chi connectivity index (χ4n) is 3.44. The molecule has 0 aliphatic carbocycles. The summed E-state index contributed by atoms with van der Waals surface area (Å²) in [5.41, 5.74) is 6.46. The van der Waals surface area contributed by atoms with Gasteiger partial charge in [0.25, 0.3) is 0 Å². The van der Waals surface area contributed by atoms with Crippen LogP contribution in [0, 0.1) is 0 Å². The second kappa shape index (κ2) is 6.84. The summed E-state index contributed by atoms with van der Waals surface area (Å²) in [6.07, 6.45) is 0.974. The predicted molar refractivity (Wildman–Crippen MR) is 117 cm³/mol. The molecule has 0 bridgehead atoms. The first kappa shape index (κ1) is 17.1. The van der Waals surface area contributed by atoms with Crippen molar-refractivity contribution in [3.8, 4) is 17.1 Å².